The molecule has 1 rings (SSSR count). The van der Waals surface area contributed by atoms with Crippen LogP contribution in [0.5, 0.6) is 0 Å². The monoisotopic (exact) mass is 372 g/mol. The quantitative estimate of drug-likeness (QED) is 0.532. The van der Waals surface area contributed by atoms with Crippen LogP contribution in [0, 0.1) is 0 Å². The van der Waals surface area contributed by atoms with Crippen LogP contribution in [0.2, 0.25) is 0 Å². The van der Waals surface area contributed by atoms with Gasteiger partial charge in [-0.25, -0.2) is 0 Å². The van der Waals surface area contributed by atoms with Crippen molar-refractivity contribution >= 4 is 37.9 Å². The molecule has 0 aliphatic heterocycles. The van der Waals surface area contributed by atoms with Gasteiger partial charge in [-0.15, -0.1) is 0 Å². The lowest BCUT2D eigenvalue weighted by Gasteiger charge is -2.20. The van der Waals surface area contributed by atoms with E-state index in [1.165, 1.54) is 29.5 Å². The average Bonchev–Trinajstić information content (AvgIpc) is 2.36. The minimum Gasteiger partial charge on any atom is -0.0648 e. The Morgan fingerprint density at radius 1 is 1.06 bits per heavy atom. The summed E-state index contributed by atoms with van der Waals surface area (Å²) in [6, 6.07) is 6.71. The van der Waals surface area contributed by atoms with Gasteiger partial charge in [-0.2, -0.15) is 0 Å². The highest BCUT2D eigenvalue weighted by Gasteiger charge is 2.14. The van der Waals surface area contributed by atoms with Crippen LogP contribution in [0.1, 0.15) is 69.1 Å². The molecule has 0 heterocycles. The third kappa shape index (κ3) is 3.96. The minimum absolute atomic E-state index is 0.597. The molecule has 0 amide bonds. The Bertz CT molecular complexity index is 389. The molecule has 1 aromatic carbocycles. The van der Waals surface area contributed by atoms with Crippen LogP contribution in [0.15, 0.2) is 21.6 Å². The van der Waals surface area contributed by atoms with E-state index >= 15 is 0 Å². The fourth-order valence-electron chi connectivity index (χ4n) is 2.18. The fraction of sp³-hybridized carbons (Fsp3) is 0.500. The number of rotatable bonds is 5. The Balaban J connectivity index is 3.39. The van der Waals surface area contributed by atoms with Crippen molar-refractivity contribution in [2.24, 2.45) is 0 Å². The molecule has 0 bridgehead atoms. The van der Waals surface area contributed by atoms with E-state index in [1.807, 2.05) is 0 Å². The van der Waals surface area contributed by atoms with E-state index in [9.17, 15) is 0 Å². The molecule has 18 heavy (non-hydrogen) atoms. The van der Waals surface area contributed by atoms with Crippen LogP contribution in [-0.4, -0.2) is 0 Å². The van der Waals surface area contributed by atoms with Crippen molar-refractivity contribution in [3.63, 3.8) is 0 Å². The normalized spacial score (nSPS) is 14.1. The number of benzene rings is 1. The molecule has 0 spiro atoms. The van der Waals surface area contributed by atoms with Crippen LogP contribution in [0.4, 0.5) is 0 Å². The SMILES string of the molecule is CC[C@@H](C)c1cccc([C@H](C)CC)c1C=C(Br)Br. The zero-order valence-electron chi connectivity index (χ0n) is 11.6. The molecule has 0 saturated carbocycles. The van der Waals surface area contributed by atoms with E-state index in [-0.39, 0.29) is 0 Å². The molecule has 0 aliphatic rings. The molecule has 0 radical (unpaired) electrons. The van der Waals surface area contributed by atoms with Crippen molar-refractivity contribution < 1.29 is 0 Å². The Morgan fingerprint density at radius 2 is 1.50 bits per heavy atom. The first-order chi connectivity index (χ1) is 8.51. The highest BCUT2D eigenvalue weighted by Crippen LogP contribution is 2.33. The highest BCUT2D eigenvalue weighted by molar-refractivity contribution is 9.28. The predicted molar refractivity (Wildman–Crippen MR) is 89.7 cm³/mol. The zero-order valence-corrected chi connectivity index (χ0v) is 14.8. The maximum Gasteiger partial charge on any atom is 0.0610 e. The van der Waals surface area contributed by atoms with E-state index in [0.29, 0.717) is 11.8 Å². The van der Waals surface area contributed by atoms with Crippen molar-refractivity contribution in [1.29, 1.82) is 0 Å². The largest absolute Gasteiger partial charge is 0.0648 e. The molecule has 2 heteroatoms. The first kappa shape index (κ1) is 16.0. The number of hydrogen-bond acceptors (Lipinski definition) is 0. The number of halogens is 2. The Labute approximate surface area is 128 Å². The molecule has 0 saturated heterocycles. The lowest BCUT2D eigenvalue weighted by atomic mass is 9.86. The Kier molecular flexibility index (Phi) is 6.65. The molecule has 0 aliphatic carbocycles. The first-order valence-electron chi connectivity index (χ1n) is 6.66. The third-order valence-corrected chi connectivity index (χ3v) is 4.17. The fourth-order valence-corrected chi connectivity index (χ4v) is 2.63. The van der Waals surface area contributed by atoms with E-state index in [2.05, 4.69) is 83.8 Å². The van der Waals surface area contributed by atoms with Gasteiger partial charge in [-0.1, -0.05) is 45.9 Å². The molecule has 0 aromatic heterocycles. The molecular weight excluding hydrogens is 352 g/mol. The van der Waals surface area contributed by atoms with Gasteiger partial charge < -0.3 is 0 Å². The van der Waals surface area contributed by atoms with Gasteiger partial charge in [0.25, 0.3) is 0 Å². The molecule has 0 nitrogen and oxygen atoms in total. The van der Waals surface area contributed by atoms with Crippen LogP contribution in [0.25, 0.3) is 6.08 Å². The molecule has 0 fully saturated rings. The highest BCUT2D eigenvalue weighted by atomic mass is 79.9. The van der Waals surface area contributed by atoms with Gasteiger partial charge in [0, 0.05) is 0 Å². The van der Waals surface area contributed by atoms with Crippen molar-refractivity contribution in [2.45, 2.75) is 52.4 Å². The van der Waals surface area contributed by atoms with E-state index in [0.717, 1.165) is 3.39 Å². The molecule has 2 atom stereocenters. The van der Waals surface area contributed by atoms with Gasteiger partial charge in [-0.05, 0) is 79.3 Å². The third-order valence-electron chi connectivity index (χ3n) is 3.71. The summed E-state index contributed by atoms with van der Waals surface area (Å²) in [6.07, 6.45) is 4.54. The topological polar surface area (TPSA) is 0 Å². The van der Waals surface area contributed by atoms with Crippen molar-refractivity contribution in [1.82, 2.24) is 0 Å². The second-order valence-corrected chi connectivity index (χ2v) is 7.68. The van der Waals surface area contributed by atoms with Crippen molar-refractivity contribution in [3.05, 3.63) is 38.3 Å². The molecule has 0 unspecified atom stereocenters. The second kappa shape index (κ2) is 7.49. The minimum atomic E-state index is 0.597. The van der Waals surface area contributed by atoms with Crippen LogP contribution >= 0.6 is 31.9 Å². The first-order valence-corrected chi connectivity index (χ1v) is 8.25. The van der Waals surface area contributed by atoms with Gasteiger partial charge in [0.05, 0.1) is 3.39 Å². The van der Waals surface area contributed by atoms with Gasteiger partial charge in [-0.3, -0.25) is 0 Å². The summed E-state index contributed by atoms with van der Waals surface area (Å²) in [5.74, 6) is 1.19. The van der Waals surface area contributed by atoms with E-state index in [4.69, 9.17) is 0 Å². The number of hydrogen-bond donors (Lipinski definition) is 0. The Hall–Kier alpha value is -0.0800. The maximum atomic E-state index is 3.50. The van der Waals surface area contributed by atoms with E-state index < -0.39 is 0 Å². The van der Waals surface area contributed by atoms with Crippen molar-refractivity contribution in [2.75, 3.05) is 0 Å². The summed E-state index contributed by atoms with van der Waals surface area (Å²) in [5.41, 5.74) is 4.28. The molecule has 1 aromatic rings. The summed E-state index contributed by atoms with van der Waals surface area (Å²) in [7, 11) is 0. The lowest BCUT2D eigenvalue weighted by molar-refractivity contribution is 0.708. The molecule has 100 valence electrons. The van der Waals surface area contributed by atoms with Gasteiger partial charge in [0.1, 0.15) is 0 Å². The van der Waals surface area contributed by atoms with Crippen molar-refractivity contribution in [3.8, 4) is 0 Å². The average molecular weight is 374 g/mol. The smallest absolute Gasteiger partial charge is 0.0610 e. The summed E-state index contributed by atoms with van der Waals surface area (Å²) < 4.78 is 1.01. The van der Waals surface area contributed by atoms with Crippen LogP contribution < -0.4 is 0 Å². The van der Waals surface area contributed by atoms with Crippen LogP contribution in [0.3, 0.4) is 0 Å². The van der Waals surface area contributed by atoms with Gasteiger partial charge in [0.15, 0.2) is 0 Å². The lowest BCUT2D eigenvalue weighted by Crippen LogP contribution is -2.02. The maximum absolute atomic E-state index is 3.50. The second-order valence-electron chi connectivity index (χ2n) is 4.90. The zero-order chi connectivity index (χ0) is 13.7. The molecular formula is C16H22Br2. The van der Waals surface area contributed by atoms with Gasteiger partial charge in [0.2, 0.25) is 0 Å². The summed E-state index contributed by atoms with van der Waals surface area (Å²) >= 11 is 7.00. The van der Waals surface area contributed by atoms with Gasteiger partial charge >= 0.3 is 0 Å². The Morgan fingerprint density at radius 3 is 1.83 bits per heavy atom. The standard InChI is InChI=1S/C16H22Br2/c1-5-11(3)13-8-7-9-14(12(4)6-2)15(13)10-16(17)18/h7-12H,5-6H2,1-4H3/t11-,12-/m1/s1. The summed E-state index contributed by atoms with van der Waals surface area (Å²) in [6.45, 7) is 9.10. The van der Waals surface area contributed by atoms with E-state index in [1.54, 1.807) is 0 Å². The predicted octanol–water partition coefficient (Wildman–Crippen LogP) is 6.80. The summed E-state index contributed by atoms with van der Waals surface area (Å²) in [4.78, 5) is 0. The summed E-state index contributed by atoms with van der Waals surface area (Å²) in [5, 5.41) is 0. The molecule has 0 N–H and O–H groups in total. The van der Waals surface area contributed by atoms with Crippen LogP contribution in [-0.2, 0) is 0 Å².